The van der Waals surface area contributed by atoms with Crippen LogP contribution in [0.5, 0.6) is 0 Å². The van der Waals surface area contributed by atoms with Gasteiger partial charge in [0.05, 0.1) is 13.3 Å². The third-order valence-electron chi connectivity index (χ3n) is 3.94. The quantitative estimate of drug-likeness (QED) is 0.691. The molecule has 0 aliphatic rings. The van der Waals surface area contributed by atoms with Gasteiger partial charge in [-0.15, -0.1) is 0 Å². The number of carbonyl (C=O) groups is 1. The first kappa shape index (κ1) is 17.0. The van der Waals surface area contributed by atoms with Crippen LogP contribution in [0, 0.1) is 0 Å². The Morgan fingerprint density at radius 1 is 1.20 bits per heavy atom. The van der Waals surface area contributed by atoms with E-state index in [1.54, 1.807) is 12.3 Å². The van der Waals surface area contributed by atoms with Crippen LogP contribution in [0.25, 0.3) is 11.5 Å². The Morgan fingerprint density at radius 3 is 2.80 bits per heavy atom. The minimum absolute atomic E-state index is 0.0202. The standard InChI is InChI=1S/C19H21N3O3/c1-3-14-7-4-5-8-16(14)20-19(23)13-22(2)12-15-11-18(25-21-15)17-9-6-10-24-17/h4-11H,3,12-13H2,1-2H3,(H,20,23)/p+1. The monoisotopic (exact) mass is 340 g/mol. The van der Waals surface area contributed by atoms with Crippen molar-refractivity contribution in [1.82, 2.24) is 5.16 Å². The number of amides is 1. The molecule has 0 aliphatic carbocycles. The first-order chi connectivity index (χ1) is 12.2. The molecule has 2 N–H and O–H groups in total. The van der Waals surface area contributed by atoms with E-state index in [1.807, 2.05) is 43.4 Å². The maximum atomic E-state index is 12.3. The molecule has 1 unspecified atom stereocenters. The highest BCUT2D eigenvalue weighted by atomic mass is 16.5. The number of hydrogen-bond donors (Lipinski definition) is 2. The first-order valence-corrected chi connectivity index (χ1v) is 8.34. The van der Waals surface area contributed by atoms with E-state index in [0.717, 1.165) is 28.3 Å². The van der Waals surface area contributed by atoms with Gasteiger partial charge in [-0.2, -0.15) is 0 Å². The van der Waals surface area contributed by atoms with Gasteiger partial charge in [-0.1, -0.05) is 30.3 Å². The normalized spacial score (nSPS) is 12.1. The number of para-hydroxylation sites is 1. The van der Waals surface area contributed by atoms with E-state index in [0.29, 0.717) is 24.6 Å². The number of carbonyl (C=O) groups excluding carboxylic acids is 1. The molecule has 0 saturated heterocycles. The van der Waals surface area contributed by atoms with Crippen LogP contribution >= 0.6 is 0 Å². The fourth-order valence-electron chi connectivity index (χ4n) is 2.72. The summed E-state index contributed by atoms with van der Waals surface area (Å²) in [6.45, 7) is 3.01. The largest absolute Gasteiger partial charge is 0.461 e. The first-order valence-electron chi connectivity index (χ1n) is 8.34. The average Bonchev–Trinajstić information content (AvgIpc) is 3.26. The van der Waals surface area contributed by atoms with Crippen molar-refractivity contribution in [2.24, 2.45) is 0 Å². The van der Waals surface area contributed by atoms with Crippen molar-refractivity contribution in [3.05, 3.63) is 60.0 Å². The predicted octanol–water partition coefficient (Wildman–Crippen LogP) is 2.15. The van der Waals surface area contributed by atoms with Gasteiger partial charge in [0.25, 0.3) is 5.91 Å². The summed E-state index contributed by atoms with van der Waals surface area (Å²) < 4.78 is 10.6. The molecule has 6 heteroatoms. The fraction of sp³-hybridized carbons (Fsp3) is 0.263. The maximum absolute atomic E-state index is 12.3. The number of benzene rings is 1. The van der Waals surface area contributed by atoms with Crippen molar-refractivity contribution < 1.29 is 18.6 Å². The highest BCUT2D eigenvalue weighted by Gasteiger charge is 2.16. The Kier molecular flexibility index (Phi) is 5.30. The number of aryl methyl sites for hydroxylation is 1. The number of hydrogen-bond acceptors (Lipinski definition) is 4. The summed E-state index contributed by atoms with van der Waals surface area (Å²) in [6.07, 6.45) is 2.47. The summed E-state index contributed by atoms with van der Waals surface area (Å²) in [5, 5.41) is 7.03. The molecule has 0 bridgehead atoms. The van der Waals surface area contributed by atoms with Crippen LogP contribution in [-0.2, 0) is 17.8 Å². The summed E-state index contributed by atoms with van der Waals surface area (Å²) in [5.41, 5.74) is 2.79. The lowest BCUT2D eigenvalue weighted by molar-refractivity contribution is -0.885. The molecule has 1 atom stereocenters. The van der Waals surface area contributed by atoms with Crippen LogP contribution < -0.4 is 10.2 Å². The van der Waals surface area contributed by atoms with E-state index >= 15 is 0 Å². The molecule has 0 saturated carbocycles. The minimum Gasteiger partial charge on any atom is -0.461 e. The van der Waals surface area contributed by atoms with Gasteiger partial charge in [0.15, 0.2) is 12.3 Å². The summed E-state index contributed by atoms with van der Waals surface area (Å²) in [7, 11) is 1.95. The van der Waals surface area contributed by atoms with Crippen LogP contribution in [0.1, 0.15) is 18.2 Å². The Labute approximate surface area is 146 Å². The molecule has 1 amide bonds. The second-order valence-corrected chi connectivity index (χ2v) is 6.03. The highest BCUT2D eigenvalue weighted by molar-refractivity contribution is 5.92. The third kappa shape index (κ3) is 4.36. The Balaban J connectivity index is 1.55. The van der Waals surface area contributed by atoms with Gasteiger partial charge in [-0.05, 0) is 30.2 Å². The second kappa shape index (κ2) is 7.81. The molecule has 2 heterocycles. The minimum atomic E-state index is -0.0202. The summed E-state index contributed by atoms with van der Waals surface area (Å²) in [6, 6.07) is 13.3. The zero-order valence-corrected chi connectivity index (χ0v) is 14.4. The number of rotatable bonds is 7. The van der Waals surface area contributed by atoms with Gasteiger partial charge in [0, 0.05) is 11.8 Å². The van der Waals surface area contributed by atoms with Gasteiger partial charge in [-0.25, -0.2) is 0 Å². The van der Waals surface area contributed by atoms with E-state index in [-0.39, 0.29) is 5.91 Å². The lowest BCUT2D eigenvalue weighted by Crippen LogP contribution is -3.08. The van der Waals surface area contributed by atoms with Crippen molar-refractivity contribution in [3.63, 3.8) is 0 Å². The van der Waals surface area contributed by atoms with E-state index in [9.17, 15) is 4.79 Å². The molecule has 1 aromatic carbocycles. The van der Waals surface area contributed by atoms with Crippen molar-refractivity contribution in [2.75, 3.05) is 18.9 Å². The van der Waals surface area contributed by atoms with E-state index < -0.39 is 0 Å². The number of anilines is 1. The van der Waals surface area contributed by atoms with Crippen molar-refractivity contribution >= 4 is 11.6 Å². The molecule has 0 radical (unpaired) electrons. The number of furan rings is 1. The number of likely N-dealkylation sites (N-methyl/N-ethyl adjacent to an activating group) is 1. The molecule has 3 aromatic rings. The van der Waals surface area contributed by atoms with Crippen molar-refractivity contribution in [2.45, 2.75) is 19.9 Å². The molecular formula is C19H22N3O3+. The molecule has 6 nitrogen and oxygen atoms in total. The van der Waals surface area contributed by atoms with Gasteiger partial charge in [0.1, 0.15) is 12.2 Å². The Morgan fingerprint density at radius 2 is 2.04 bits per heavy atom. The molecule has 2 aromatic heterocycles. The summed E-state index contributed by atoms with van der Waals surface area (Å²) in [5.74, 6) is 1.22. The van der Waals surface area contributed by atoms with Crippen LogP contribution in [0.15, 0.2) is 57.7 Å². The number of aromatic nitrogens is 1. The lowest BCUT2D eigenvalue weighted by atomic mass is 10.1. The summed E-state index contributed by atoms with van der Waals surface area (Å²) >= 11 is 0. The van der Waals surface area contributed by atoms with Crippen molar-refractivity contribution in [1.29, 1.82) is 0 Å². The number of nitrogens with one attached hydrogen (secondary N) is 2. The molecule has 0 spiro atoms. The lowest BCUT2D eigenvalue weighted by Gasteiger charge is -2.13. The van der Waals surface area contributed by atoms with E-state index in [4.69, 9.17) is 8.94 Å². The molecule has 0 aliphatic heterocycles. The van der Waals surface area contributed by atoms with Crippen LogP contribution in [0.2, 0.25) is 0 Å². The molecule has 0 fully saturated rings. The SMILES string of the molecule is CCc1ccccc1NC(=O)C[NH+](C)Cc1cc(-c2ccco2)on1. The molecule has 130 valence electrons. The van der Waals surface area contributed by atoms with E-state index in [2.05, 4.69) is 17.4 Å². The van der Waals surface area contributed by atoms with Gasteiger partial charge in [-0.3, -0.25) is 4.79 Å². The zero-order valence-electron chi connectivity index (χ0n) is 14.4. The molecular weight excluding hydrogens is 318 g/mol. The topological polar surface area (TPSA) is 72.7 Å². The van der Waals surface area contributed by atoms with E-state index in [1.165, 1.54) is 0 Å². The smallest absolute Gasteiger partial charge is 0.279 e. The molecule has 25 heavy (non-hydrogen) atoms. The Bertz CT molecular complexity index is 824. The number of nitrogens with zero attached hydrogens (tertiary/aromatic N) is 1. The third-order valence-corrected chi connectivity index (χ3v) is 3.94. The predicted molar refractivity (Wildman–Crippen MR) is 94.1 cm³/mol. The zero-order chi connectivity index (χ0) is 17.6. The van der Waals surface area contributed by atoms with Crippen LogP contribution in [0.3, 0.4) is 0 Å². The van der Waals surface area contributed by atoms with Crippen molar-refractivity contribution in [3.8, 4) is 11.5 Å². The average molecular weight is 340 g/mol. The van der Waals surface area contributed by atoms with Gasteiger partial charge < -0.3 is 19.2 Å². The summed E-state index contributed by atoms with van der Waals surface area (Å²) in [4.78, 5) is 13.3. The molecule has 3 rings (SSSR count). The maximum Gasteiger partial charge on any atom is 0.279 e. The Hall–Kier alpha value is -2.86. The highest BCUT2D eigenvalue weighted by Crippen LogP contribution is 2.20. The fourth-order valence-corrected chi connectivity index (χ4v) is 2.72. The van der Waals surface area contributed by atoms with Crippen LogP contribution in [0.4, 0.5) is 5.69 Å². The van der Waals surface area contributed by atoms with Gasteiger partial charge >= 0.3 is 0 Å². The van der Waals surface area contributed by atoms with Crippen LogP contribution in [-0.4, -0.2) is 24.7 Å². The second-order valence-electron chi connectivity index (χ2n) is 6.03. The number of quaternary nitrogens is 1. The van der Waals surface area contributed by atoms with Gasteiger partial charge in [0.2, 0.25) is 5.76 Å².